The molecule has 3 aromatic rings. The lowest BCUT2D eigenvalue weighted by Crippen LogP contribution is -2.33. The van der Waals surface area contributed by atoms with Crippen molar-refractivity contribution in [3.05, 3.63) is 76.8 Å². The lowest BCUT2D eigenvalue weighted by molar-refractivity contribution is -0.121. The van der Waals surface area contributed by atoms with E-state index in [0.29, 0.717) is 17.4 Å². The highest BCUT2D eigenvalue weighted by atomic mass is 16.2. The molecule has 0 radical (unpaired) electrons. The lowest BCUT2D eigenvalue weighted by Gasteiger charge is -2.08. The van der Waals surface area contributed by atoms with Crippen molar-refractivity contribution in [3.63, 3.8) is 0 Å². The fourth-order valence-corrected chi connectivity index (χ4v) is 2.59. The molecule has 1 heterocycles. The number of hydrogen-bond acceptors (Lipinski definition) is 3. The molecule has 0 aliphatic rings. The number of fused-ring (bicyclic) bond motifs is 1. The Morgan fingerprint density at radius 3 is 2.62 bits per heavy atom. The number of amides is 1. The van der Waals surface area contributed by atoms with Crippen LogP contribution in [0, 0.1) is 0 Å². The van der Waals surface area contributed by atoms with Crippen LogP contribution in [0.1, 0.15) is 12.0 Å². The molecule has 1 aromatic heterocycles. The third kappa shape index (κ3) is 3.87. The summed E-state index contributed by atoms with van der Waals surface area (Å²) in [7, 11) is 0. The Morgan fingerprint density at radius 1 is 1.04 bits per heavy atom. The van der Waals surface area contributed by atoms with Crippen LogP contribution in [-0.4, -0.2) is 22.0 Å². The second-order valence-corrected chi connectivity index (χ2v) is 5.63. The number of para-hydroxylation sites is 1. The van der Waals surface area contributed by atoms with Gasteiger partial charge in [-0.3, -0.25) is 14.2 Å². The molecule has 1 amide bonds. The smallest absolute Gasteiger partial charge is 0.261 e. The molecule has 5 nitrogen and oxygen atoms in total. The maximum atomic E-state index is 12.3. The quantitative estimate of drug-likeness (QED) is 0.708. The number of nitrogens with zero attached hydrogens (tertiary/aromatic N) is 2. The molecule has 0 aliphatic carbocycles. The molecule has 24 heavy (non-hydrogen) atoms. The zero-order chi connectivity index (χ0) is 16.8. The van der Waals surface area contributed by atoms with Gasteiger partial charge in [0.2, 0.25) is 5.91 Å². The number of carbonyl (C=O) groups excluding carboxylic acids is 1. The first-order valence-corrected chi connectivity index (χ1v) is 7.99. The third-order valence-corrected chi connectivity index (χ3v) is 3.85. The first-order chi connectivity index (χ1) is 11.7. The molecule has 122 valence electrons. The summed E-state index contributed by atoms with van der Waals surface area (Å²) in [6, 6.07) is 17.3. The summed E-state index contributed by atoms with van der Waals surface area (Å²) in [5, 5.41) is 3.38. The van der Waals surface area contributed by atoms with E-state index in [1.165, 1.54) is 16.5 Å². The van der Waals surface area contributed by atoms with Crippen LogP contribution in [0.5, 0.6) is 0 Å². The van der Waals surface area contributed by atoms with E-state index in [1.54, 1.807) is 18.2 Å². The Bertz CT molecular complexity index is 888. The number of aryl methyl sites for hydroxylation is 1. The van der Waals surface area contributed by atoms with E-state index in [1.807, 2.05) is 24.3 Å². The summed E-state index contributed by atoms with van der Waals surface area (Å²) in [6.07, 6.45) is 3.20. The second kappa shape index (κ2) is 7.55. The van der Waals surface area contributed by atoms with Crippen LogP contribution >= 0.6 is 0 Å². The topological polar surface area (TPSA) is 64.0 Å². The zero-order valence-electron chi connectivity index (χ0n) is 13.3. The molecule has 0 saturated carbocycles. The van der Waals surface area contributed by atoms with Crippen LogP contribution in [0.25, 0.3) is 10.9 Å². The van der Waals surface area contributed by atoms with Crippen molar-refractivity contribution in [2.75, 3.05) is 6.54 Å². The highest BCUT2D eigenvalue weighted by Gasteiger charge is 2.07. The van der Waals surface area contributed by atoms with Crippen LogP contribution in [0.2, 0.25) is 0 Å². The molecule has 0 spiro atoms. The van der Waals surface area contributed by atoms with Crippen LogP contribution in [0.4, 0.5) is 0 Å². The lowest BCUT2D eigenvalue weighted by atomic mass is 10.1. The van der Waals surface area contributed by atoms with Gasteiger partial charge in [0, 0.05) is 6.54 Å². The number of nitrogens with one attached hydrogen (secondary N) is 1. The Hall–Kier alpha value is -2.95. The average molecular weight is 321 g/mol. The Balaban J connectivity index is 1.53. The van der Waals surface area contributed by atoms with Gasteiger partial charge in [-0.15, -0.1) is 0 Å². The SMILES string of the molecule is O=C(Cn1cnc2ccccc2c1=O)NCCCc1ccccc1. The minimum absolute atomic E-state index is 0.0119. The Kier molecular flexibility index (Phi) is 5.01. The fourth-order valence-electron chi connectivity index (χ4n) is 2.59. The summed E-state index contributed by atoms with van der Waals surface area (Å²) >= 11 is 0. The summed E-state index contributed by atoms with van der Waals surface area (Å²) in [6.45, 7) is 0.575. The van der Waals surface area contributed by atoms with Crippen LogP contribution in [0.3, 0.4) is 0 Å². The molecule has 0 saturated heterocycles. The third-order valence-electron chi connectivity index (χ3n) is 3.85. The molecule has 0 fully saturated rings. The molecular formula is C19H19N3O2. The number of rotatable bonds is 6. The molecule has 0 unspecified atom stereocenters. The van der Waals surface area contributed by atoms with E-state index in [0.717, 1.165) is 12.8 Å². The van der Waals surface area contributed by atoms with Crippen LogP contribution < -0.4 is 10.9 Å². The predicted octanol–water partition coefficient (Wildman–Crippen LogP) is 2.15. The largest absolute Gasteiger partial charge is 0.355 e. The van der Waals surface area contributed by atoms with Crippen molar-refractivity contribution in [3.8, 4) is 0 Å². The molecule has 0 aliphatic heterocycles. The minimum atomic E-state index is -0.194. The molecule has 3 rings (SSSR count). The number of carbonyl (C=O) groups is 1. The summed E-state index contributed by atoms with van der Waals surface area (Å²) in [5.74, 6) is -0.178. The predicted molar refractivity (Wildman–Crippen MR) is 93.8 cm³/mol. The van der Waals surface area contributed by atoms with Gasteiger partial charge in [0.15, 0.2) is 0 Å². The maximum Gasteiger partial charge on any atom is 0.261 e. The van der Waals surface area contributed by atoms with Crippen molar-refractivity contribution in [1.82, 2.24) is 14.9 Å². The average Bonchev–Trinajstić information content (AvgIpc) is 2.62. The van der Waals surface area contributed by atoms with Crippen molar-refractivity contribution in [1.29, 1.82) is 0 Å². The number of benzene rings is 2. The number of hydrogen-bond donors (Lipinski definition) is 1. The van der Waals surface area contributed by atoms with Crippen LogP contribution in [-0.2, 0) is 17.8 Å². The van der Waals surface area contributed by atoms with Gasteiger partial charge in [0.05, 0.1) is 17.2 Å². The van der Waals surface area contributed by atoms with Gasteiger partial charge in [-0.05, 0) is 30.5 Å². The highest BCUT2D eigenvalue weighted by molar-refractivity contribution is 5.78. The van der Waals surface area contributed by atoms with E-state index in [4.69, 9.17) is 0 Å². The standard InChI is InChI=1S/C19H19N3O2/c23-18(20-12-6-9-15-7-2-1-3-8-15)13-22-14-21-17-11-5-4-10-16(17)19(22)24/h1-5,7-8,10-11,14H,6,9,12-13H2,(H,20,23). The summed E-state index contributed by atoms with van der Waals surface area (Å²) in [5.41, 5.74) is 1.70. The molecule has 0 atom stereocenters. The van der Waals surface area contributed by atoms with Crippen LogP contribution in [0.15, 0.2) is 65.7 Å². The minimum Gasteiger partial charge on any atom is -0.355 e. The van der Waals surface area contributed by atoms with E-state index in [-0.39, 0.29) is 18.0 Å². The normalized spacial score (nSPS) is 10.7. The zero-order valence-corrected chi connectivity index (χ0v) is 13.3. The first kappa shape index (κ1) is 15.9. The Labute approximate surface area is 140 Å². The van der Waals surface area contributed by atoms with Gasteiger partial charge in [-0.25, -0.2) is 4.98 Å². The van der Waals surface area contributed by atoms with E-state index in [9.17, 15) is 9.59 Å². The van der Waals surface area contributed by atoms with Gasteiger partial charge >= 0.3 is 0 Å². The van der Waals surface area contributed by atoms with Gasteiger partial charge in [-0.2, -0.15) is 0 Å². The molecule has 2 aromatic carbocycles. The van der Waals surface area contributed by atoms with Gasteiger partial charge in [-0.1, -0.05) is 42.5 Å². The molecule has 0 bridgehead atoms. The summed E-state index contributed by atoms with van der Waals surface area (Å²) in [4.78, 5) is 28.5. The van der Waals surface area contributed by atoms with E-state index >= 15 is 0 Å². The van der Waals surface area contributed by atoms with E-state index in [2.05, 4.69) is 22.4 Å². The maximum absolute atomic E-state index is 12.3. The fraction of sp³-hybridized carbons (Fsp3) is 0.211. The van der Waals surface area contributed by atoms with Crippen molar-refractivity contribution in [2.45, 2.75) is 19.4 Å². The number of aromatic nitrogens is 2. The van der Waals surface area contributed by atoms with Gasteiger partial charge in [0.1, 0.15) is 6.54 Å². The first-order valence-electron chi connectivity index (χ1n) is 7.99. The van der Waals surface area contributed by atoms with Crippen molar-refractivity contribution in [2.24, 2.45) is 0 Å². The van der Waals surface area contributed by atoms with E-state index < -0.39 is 0 Å². The summed E-state index contributed by atoms with van der Waals surface area (Å²) < 4.78 is 1.34. The van der Waals surface area contributed by atoms with Crippen molar-refractivity contribution < 1.29 is 4.79 Å². The van der Waals surface area contributed by atoms with Crippen molar-refractivity contribution >= 4 is 16.8 Å². The van der Waals surface area contributed by atoms with Gasteiger partial charge in [0.25, 0.3) is 5.56 Å². The Morgan fingerprint density at radius 2 is 1.79 bits per heavy atom. The van der Waals surface area contributed by atoms with Gasteiger partial charge < -0.3 is 5.32 Å². The molecular weight excluding hydrogens is 302 g/mol. The monoisotopic (exact) mass is 321 g/mol. The molecule has 5 heteroatoms. The highest BCUT2D eigenvalue weighted by Crippen LogP contribution is 2.04. The second-order valence-electron chi connectivity index (χ2n) is 5.63. The molecule has 1 N–H and O–H groups in total.